The fourth-order valence-corrected chi connectivity index (χ4v) is 3.52. The smallest absolute Gasteiger partial charge is 0.243 e. The van der Waals surface area contributed by atoms with Crippen LogP contribution in [0.5, 0.6) is 0 Å². The highest BCUT2D eigenvalue weighted by Gasteiger charge is 2.38. The fourth-order valence-electron chi connectivity index (χ4n) is 3.52. The zero-order valence-electron chi connectivity index (χ0n) is 19.2. The molecule has 178 valence electrons. The van der Waals surface area contributed by atoms with Gasteiger partial charge in [0.05, 0.1) is 12.1 Å². The first-order chi connectivity index (χ1) is 15.2. The quantitative estimate of drug-likeness (QED) is 0.172. The summed E-state index contributed by atoms with van der Waals surface area (Å²) in [5.74, 6) is -0.168. The van der Waals surface area contributed by atoms with Gasteiger partial charge in [-0.3, -0.25) is 9.59 Å². The van der Waals surface area contributed by atoms with E-state index in [1.807, 2.05) is 12.2 Å². The predicted octanol–water partition coefficient (Wildman–Crippen LogP) is 3.92. The van der Waals surface area contributed by atoms with Crippen molar-refractivity contribution in [3.8, 4) is 0 Å². The van der Waals surface area contributed by atoms with Crippen molar-refractivity contribution in [3.05, 3.63) is 24.3 Å². The van der Waals surface area contributed by atoms with Gasteiger partial charge in [0, 0.05) is 13.2 Å². The van der Waals surface area contributed by atoms with Crippen molar-refractivity contribution < 1.29 is 19.8 Å². The molecule has 4 N–H and O–H groups in total. The van der Waals surface area contributed by atoms with E-state index in [0.717, 1.165) is 70.6 Å². The van der Waals surface area contributed by atoms with E-state index in [1.54, 1.807) is 12.2 Å². The maximum absolute atomic E-state index is 11.9. The van der Waals surface area contributed by atoms with Gasteiger partial charge in [-0.2, -0.15) is 0 Å². The normalized spacial score (nSPS) is 18.0. The number of carbonyl (C=O) groups excluding carboxylic acids is 2. The Bertz CT molecular complexity index is 488. The lowest BCUT2D eigenvalue weighted by molar-refractivity contribution is -0.118. The van der Waals surface area contributed by atoms with Crippen molar-refractivity contribution in [2.45, 2.75) is 108 Å². The molecule has 1 saturated carbocycles. The van der Waals surface area contributed by atoms with E-state index in [1.165, 1.54) is 25.7 Å². The van der Waals surface area contributed by atoms with Gasteiger partial charge < -0.3 is 20.8 Å². The summed E-state index contributed by atoms with van der Waals surface area (Å²) in [6, 6.07) is 0.0832. The van der Waals surface area contributed by atoms with Gasteiger partial charge in [-0.25, -0.2) is 0 Å². The lowest BCUT2D eigenvalue weighted by Gasteiger charge is -2.03. The second-order valence-electron chi connectivity index (χ2n) is 8.54. The third kappa shape index (κ3) is 16.7. The number of aliphatic hydroxyl groups is 2. The standard InChI is InChI=1S/C25H44N2O4/c28-19-15-11-7-3-1-5-9-13-17-24(30)26-22-21-23(22)27-25(31)18-14-10-6-2-4-8-12-16-20-29/h13-14,17-18,22-23,28-29H,1-12,15-16,19-21H2,(H,26,30)(H,27,31). The highest BCUT2D eigenvalue weighted by atomic mass is 16.3. The highest BCUT2D eigenvalue weighted by Crippen LogP contribution is 2.21. The molecule has 6 nitrogen and oxygen atoms in total. The molecule has 1 aliphatic carbocycles. The number of rotatable bonds is 20. The Morgan fingerprint density at radius 2 is 0.968 bits per heavy atom. The molecule has 6 heteroatoms. The molecule has 0 aromatic carbocycles. The van der Waals surface area contributed by atoms with Crippen molar-refractivity contribution in [2.24, 2.45) is 0 Å². The van der Waals surface area contributed by atoms with Crippen LogP contribution in [0.4, 0.5) is 0 Å². The van der Waals surface area contributed by atoms with Gasteiger partial charge >= 0.3 is 0 Å². The van der Waals surface area contributed by atoms with E-state index in [9.17, 15) is 9.59 Å². The second kappa shape index (κ2) is 19.1. The molecule has 2 unspecified atom stereocenters. The Hall–Kier alpha value is -1.66. The van der Waals surface area contributed by atoms with Crippen molar-refractivity contribution >= 4 is 11.8 Å². The molecule has 1 aliphatic rings. The van der Waals surface area contributed by atoms with Crippen LogP contribution in [0.2, 0.25) is 0 Å². The summed E-state index contributed by atoms with van der Waals surface area (Å²) in [4.78, 5) is 23.9. The Morgan fingerprint density at radius 1 is 0.613 bits per heavy atom. The van der Waals surface area contributed by atoms with Gasteiger partial charge in [0.2, 0.25) is 11.8 Å². The number of carbonyl (C=O) groups is 2. The largest absolute Gasteiger partial charge is 0.396 e. The number of nitrogens with one attached hydrogen (secondary N) is 2. The van der Waals surface area contributed by atoms with E-state index < -0.39 is 0 Å². The third-order valence-electron chi connectivity index (χ3n) is 5.54. The predicted molar refractivity (Wildman–Crippen MR) is 126 cm³/mol. The maximum Gasteiger partial charge on any atom is 0.243 e. The number of hydrogen-bond donors (Lipinski definition) is 4. The molecule has 0 bridgehead atoms. The number of amides is 2. The SMILES string of the molecule is O=C(C=CCCCCCCCCO)NC1CC1NC(=O)C=CCCCCCCCCO. The van der Waals surface area contributed by atoms with Gasteiger partial charge in [0.1, 0.15) is 0 Å². The fraction of sp³-hybridized carbons (Fsp3) is 0.760. The molecule has 0 aliphatic heterocycles. The summed E-state index contributed by atoms with van der Waals surface area (Å²) in [5, 5.41) is 23.3. The van der Waals surface area contributed by atoms with Crippen molar-refractivity contribution in [1.29, 1.82) is 0 Å². The maximum atomic E-state index is 11.9. The molecule has 0 aromatic heterocycles. The van der Waals surface area contributed by atoms with Gasteiger partial charge in [0.15, 0.2) is 0 Å². The molecule has 2 atom stereocenters. The Morgan fingerprint density at radius 3 is 1.35 bits per heavy atom. The van der Waals surface area contributed by atoms with Crippen LogP contribution in [-0.4, -0.2) is 47.3 Å². The molecule has 0 saturated heterocycles. The first kappa shape index (κ1) is 27.4. The zero-order valence-corrected chi connectivity index (χ0v) is 19.2. The minimum absolute atomic E-state index is 0.0416. The van der Waals surface area contributed by atoms with Crippen LogP contribution in [0.15, 0.2) is 24.3 Å². The van der Waals surface area contributed by atoms with Crippen LogP contribution in [0, 0.1) is 0 Å². The van der Waals surface area contributed by atoms with Gasteiger partial charge in [-0.1, -0.05) is 63.5 Å². The van der Waals surface area contributed by atoms with E-state index in [2.05, 4.69) is 10.6 Å². The lowest BCUT2D eigenvalue weighted by Crippen LogP contribution is -2.33. The molecular formula is C25H44N2O4. The minimum Gasteiger partial charge on any atom is -0.396 e. The van der Waals surface area contributed by atoms with Crippen LogP contribution < -0.4 is 10.6 Å². The van der Waals surface area contributed by atoms with E-state index in [4.69, 9.17) is 10.2 Å². The summed E-state index contributed by atoms with van der Waals surface area (Å²) in [6.45, 7) is 0.571. The zero-order chi connectivity index (χ0) is 22.6. The average molecular weight is 437 g/mol. The highest BCUT2D eigenvalue weighted by molar-refractivity contribution is 5.89. The molecule has 0 aromatic rings. The third-order valence-corrected chi connectivity index (χ3v) is 5.54. The molecule has 0 spiro atoms. The Balaban J connectivity index is 1.97. The number of unbranched alkanes of at least 4 members (excludes halogenated alkanes) is 12. The van der Waals surface area contributed by atoms with E-state index in [-0.39, 0.29) is 37.1 Å². The van der Waals surface area contributed by atoms with Crippen LogP contribution in [0.1, 0.15) is 96.3 Å². The van der Waals surface area contributed by atoms with Crippen molar-refractivity contribution in [3.63, 3.8) is 0 Å². The Labute approximate surface area is 188 Å². The van der Waals surface area contributed by atoms with Crippen LogP contribution in [0.3, 0.4) is 0 Å². The van der Waals surface area contributed by atoms with Crippen LogP contribution in [0.25, 0.3) is 0 Å². The van der Waals surface area contributed by atoms with Crippen LogP contribution >= 0.6 is 0 Å². The number of allylic oxidation sites excluding steroid dienone is 2. The van der Waals surface area contributed by atoms with E-state index in [0.29, 0.717) is 0 Å². The molecule has 0 heterocycles. The summed E-state index contributed by atoms with van der Waals surface area (Å²) in [7, 11) is 0. The Kier molecular flexibility index (Phi) is 16.8. The molecule has 0 radical (unpaired) electrons. The molecule has 31 heavy (non-hydrogen) atoms. The molecule has 1 fully saturated rings. The number of aliphatic hydroxyl groups excluding tert-OH is 2. The van der Waals surface area contributed by atoms with Crippen LogP contribution in [-0.2, 0) is 9.59 Å². The second-order valence-corrected chi connectivity index (χ2v) is 8.54. The average Bonchev–Trinajstić information content (AvgIpc) is 3.47. The summed E-state index contributed by atoms with van der Waals surface area (Å²) >= 11 is 0. The number of hydrogen-bond acceptors (Lipinski definition) is 4. The van der Waals surface area contributed by atoms with Gasteiger partial charge in [0.25, 0.3) is 0 Å². The monoisotopic (exact) mass is 436 g/mol. The molecule has 1 rings (SSSR count). The first-order valence-corrected chi connectivity index (χ1v) is 12.3. The van der Waals surface area contributed by atoms with Gasteiger partial charge in [-0.15, -0.1) is 0 Å². The first-order valence-electron chi connectivity index (χ1n) is 12.3. The van der Waals surface area contributed by atoms with Gasteiger partial charge in [-0.05, 0) is 57.1 Å². The summed E-state index contributed by atoms with van der Waals surface area (Å²) in [6.07, 6.45) is 22.8. The molecule has 2 amide bonds. The molecular weight excluding hydrogens is 392 g/mol. The lowest BCUT2D eigenvalue weighted by atomic mass is 10.1. The summed E-state index contributed by atoms with van der Waals surface area (Å²) in [5.41, 5.74) is 0. The minimum atomic E-state index is -0.0841. The van der Waals surface area contributed by atoms with Crippen molar-refractivity contribution in [2.75, 3.05) is 13.2 Å². The van der Waals surface area contributed by atoms with E-state index >= 15 is 0 Å². The summed E-state index contributed by atoms with van der Waals surface area (Å²) < 4.78 is 0. The topological polar surface area (TPSA) is 98.7 Å². The van der Waals surface area contributed by atoms with Crippen molar-refractivity contribution in [1.82, 2.24) is 10.6 Å².